The van der Waals surface area contributed by atoms with Crippen LogP contribution in [0.3, 0.4) is 0 Å². The summed E-state index contributed by atoms with van der Waals surface area (Å²) in [5, 5.41) is 0. The van der Waals surface area contributed by atoms with Gasteiger partial charge in [0.25, 0.3) is 0 Å². The molecule has 4 rings (SSSR count). The van der Waals surface area contributed by atoms with Gasteiger partial charge in [-0.2, -0.15) is 9.97 Å². The summed E-state index contributed by atoms with van der Waals surface area (Å²) >= 11 is 0. The Labute approximate surface area is 203 Å². The maximum Gasteiger partial charge on any atom is 0.322 e. The third-order valence-corrected chi connectivity index (χ3v) is 7.68. The molecule has 2 aromatic heterocycles. The molecule has 1 aliphatic rings. The summed E-state index contributed by atoms with van der Waals surface area (Å²) in [5.74, 6) is 0.449. The zero-order valence-corrected chi connectivity index (χ0v) is 22.2. The normalized spacial score (nSPS) is 17.2. The van der Waals surface area contributed by atoms with Crippen LogP contribution in [0.4, 0.5) is 0 Å². The minimum absolute atomic E-state index is 0. The first-order valence-corrected chi connectivity index (χ1v) is 10.4. The summed E-state index contributed by atoms with van der Waals surface area (Å²) in [6.45, 7) is 14.1. The standard InChI is InChI=1S/C25H29N4O2.Ir/c1-23(2)17-11-9-15(13-18(17)24(3,4)25(23,5)6)19-12-10-16(14-26-19)20-27-21(30-7)29-22(28-20)31-8;/h10-14H,1-8H3;/q-1;. The minimum atomic E-state index is 0. The molecule has 0 bridgehead atoms. The quantitative estimate of drug-likeness (QED) is 0.388. The Balaban J connectivity index is 0.00000289. The number of nitrogens with zero attached hydrogens (tertiary/aromatic N) is 4. The summed E-state index contributed by atoms with van der Waals surface area (Å²) in [6, 6.07) is 12.2. The number of pyridine rings is 1. The average Bonchev–Trinajstić information content (AvgIpc) is 2.87. The van der Waals surface area contributed by atoms with Crippen LogP contribution in [0.1, 0.15) is 52.7 Å². The van der Waals surface area contributed by atoms with Crippen molar-refractivity contribution in [3.05, 3.63) is 47.7 Å². The molecule has 1 aliphatic carbocycles. The summed E-state index contributed by atoms with van der Waals surface area (Å²) < 4.78 is 10.3. The fraction of sp³-hybridized carbons (Fsp3) is 0.440. The number of methoxy groups -OCH3 is 2. The maximum absolute atomic E-state index is 5.14. The minimum Gasteiger partial charge on any atom is -0.467 e. The van der Waals surface area contributed by atoms with Crippen LogP contribution in [0.5, 0.6) is 12.0 Å². The van der Waals surface area contributed by atoms with Gasteiger partial charge in [-0.3, -0.25) is 0 Å². The van der Waals surface area contributed by atoms with Gasteiger partial charge in [0.2, 0.25) is 0 Å². The van der Waals surface area contributed by atoms with Gasteiger partial charge in [0, 0.05) is 31.9 Å². The molecule has 6 nitrogen and oxygen atoms in total. The summed E-state index contributed by atoms with van der Waals surface area (Å²) in [6.07, 6.45) is 1.75. The Hall–Kier alpha value is -2.37. The van der Waals surface area contributed by atoms with Crippen LogP contribution in [-0.2, 0) is 30.9 Å². The molecule has 0 unspecified atom stereocenters. The number of hydrogen-bond donors (Lipinski definition) is 0. The molecule has 0 saturated carbocycles. The van der Waals surface area contributed by atoms with Crippen LogP contribution in [0.2, 0.25) is 0 Å². The largest absolute Gasteiger partial charge is 0.467 e. The monoisotopic (exact) mass is 610 g/mol. The number of hydrogen-bond acceptors (Lipinski definition) is 6. The van der Waals surface area contributed by atoms with Crippen molar-refractivity contribution in [3.8, 4) is 34.7 Å². The van der Waals surface area contributed by atoms with Gasteiger partial charge in [-0.25, -0.2) is 0 Å². The first-order chi connectivity index (χ1) is 14.5. The van der Waals surface area contributed by atoms with E-state index in [-0.39, 0.29) is 48.4 Å². The van der Waals surface area contributed by atoms with Crippen molar-refractivity contribution in [2.75, 3.05) is 14.2 Å². The molecular formula is C25H29IrN4O2-. The molecule has 0 fully saturated rings. The van der Waals surface area contributed by atoms with E-state index >= 15 is 0 Å². The van der Waals surface area contributed by atoms with Gasteiger partial charge in [-0.1, -0.05) is 53.7 Å². The molecule has 1 aromatic carbocycles. The molecule has 3 aromatic rings. The Morgan fingerprint density at radius 2 is 1.41 bits per heavy atom. The Bertz CT molecular complexity index is 1120. The third-order valence-electron chi connectivity index (χ3n) is 7.68. The molecule has 1 radical (unpaired) electrons. The zero-order chi connectivity index (χ0) is 22.6. The second kappa shape index (κ2) is 8.20. The van der Waals surface area contributed by atoms with Crippen molar-refractivity contribution in [2.24, 2.45) is 5.41 Å². The number of benzene rings is 1. The van der Waals surface area contributed by atoms with E-state index in [0.717, 1.165) is 16.8 Å². The van der Waals surface area contributed by atoms with Gasteiger partial charge in [0.05, 0.1) is 14.2 Å². The first kappa shape index (κ1) is 24.3. The van der Waals surface area contributed by atoms with Crippen molar-refractivity contribution < 1.29 is 29.6 Å². The smallest absolute Gasteiger partial charge is 0.322 e. The fourth-order valence-corrected chi connectivity index (χ4v) is 4.46. The van der Waals surface area contributed by atoms with Crippen molar-refractivity contribution in [2.45, 2.75) is 52.4 Å². The number of rotatable bonds is 4. The molecular weight excluding hydrogens is 581 g/mol. The van der Waals surface area contributed by atoms with Crippen LogP contribution >= 0.6 is 0 Å². The van der Waals surface area contributed by atoms with E-state index in [9.17, 15) is 0 Å². The van der Waals surface area contributed by atoms with E-state index in [0.29, 0.717) is 5.82 Å². The van der Waals surface area contributed by atoms with E-state index in [4.69, 9.17) is 9.47 Å². The van der Waals surface area contributed by atoms with E-state index in [2.05, 4.69) is 79.7 Å². The van der Waals surface area contributed by atoms with E-state index in [1.165, 1.54) is 25.3 Å². The van der Waals surface area contributed by atoms with E-state index in [1.54, 1.807) is 6.20 Å². The molecule has 0 atom stereocenters. The maximum atomic E-state index is 5.14. The molecule has 0 aliphatic heterocycles. The molecule has 0 saturated heterocycles. The van der Waals surface area contributed by atoms with Crippen molar-refractivity contribution in [1.29, 1.82) is 0 Å². The van der Waals surface area contributed by atoms with Gasteiger partial charge in [-0.05, 0) is 21.9 Å². The van der Waals surface area contributed by atoms with E-state index < -0.39 is 0 Å². The van der Waals surface area contributed by atoms with Crippen molar-refractivity contribution >= 4 is 0 Å². The van der Waals surface area contributed by atoms with Gasteiger partial charge >= 0.3 is 12.0 Å². The predicted molar refractivity (Wildman–Crippen MR) is 120 cm³/mol. The number of aromatic nitrogens is 4. The zero-order valence-electron chi connectivity index (χ0n) is 19.8. The summed E-state index contributed by atoms with van der Waals surface area (Å²) in [7, 11) is 3.02. The first-order valence-electron chi connectivity index (χ1n) is 10.4. The van der Waals surface area contributed by atoms with Crippen molar-refractivity contribution in [3.63, 3.8) is 0 Å². The molecule has 2 heterocycles. The Morgan fingerprint density at radius 1 is 0.812 bits per heavy atom. The third kappa shape index (κ3) is 3.52. The average molecular weight is 610 g/mol. The number of ether oxygens (including phenoxy) is 2. The Morgan fingerprint density at radius 3 is 1.94 bits per heavy atom. The second-order valence-corrected chi connectivity index (χ2v) is 9.61. The predicted octanol–water partition coefficient (Wildman–Crippen LogP) is 5.01. The topological polar surface area (TPSA) is 70.0 Å². The van der Waals surface area contributed by atoms with Gasteiger partial charge in [-0.15, -0.1) is 39.9 Å². The van der Waals surface area contributed by atoms with Crippen LogP contribution in [-0.4, -0.2) is 34.2 Å². The van der Waals surface area contributed by atoms with Gasteiger partial charge in [0.1, 0.15) is 0 Å². The number of fused-ring (bicyclic) bond motifs is 1. The molecule has 0 amide bonds. The van der Waals surface area contributed by atoms with Crippen molar-refractivity contribution in [1.82, 2.24) is 19.9 Å². The molecule has 171 valence electrons. The second-order valence-electron chi connectivity index (χ2n) is 9.61. The van der Waals surface area contributed by atoms with Gasteiger partial charge < -0.3 is 14.5 Å². The van der Waals surface area contributed by atoms with Crippen LogP contribution in [0, 0.1) is 11.5 Å². The Kier molecular flexibility index (Phi) is 6.22. The molecule has 32 heavy (non-hydrogen) atoms. The van der Waals surface area contributed by atoms with E-state index in [1.807, 2.05) is 12.1 Å². The fourth-order valence-electron chi connectivity index (χ4n) is 4.46. The summed E-state index contributed by atoms with van der Waals surface area (Å²) in [5.41, 5.74) is 5.55. The van der Waals surface area contributed by atoms with Crippen LogP contribution < -0.4 is 9.47 Å². The SMILES string of the molecule is COc1nc(OC)nc(-c2ccc(-c3[c-]cc4c(c3)C(C)(C)C(C)(C)C4(C)C)nc2)n1.[Ir]. The molecule has 0 spiro atoms. The van der Waals surface area contributed by atoms with Crippen LogP contribution in [0.15, 0.2) is 30.5 Å². The molecule has 7 heteroatoms. The van der Waals surface area contributed by atoms with Crippen LogP contribution in [0.25, 0.3) is 22.6 Å². The molecule has 0 N–H and O–H groups in total. The van der Waals surface area contributed by atoms with Gasteiger partial charge in [0.15, 0.2) is 5.82 Å². The summed E-state index contributed by atoms with van der Waals surface area (Å²) in [4.78, 5) is 17.3.